The summed E-state index contributed by atoms with van der Waals surface area (Å²) < 4.78 is 6.56. The van der Waals surface area contributed by atoms with Crippen molar-refractivity contribution in [2.45, 2.75) is 20.3 Å². The van der Waals surface area contributed by atoms with Gasteiger partial charge in [0.05, 0.1) is 0 Å². The Balaban J connectivity index is 2.49. The van der Waals surface area contributed by atoms with Gasteiger partial charge < -0.3 is 4.42 Å². The fourth-order valence-electron chi connectivity index (χ4n) is 1.34. The van der Waals surface area contributed by atoms with Gasteiger partial charge in [-0.1, -0.05) is 28.9 Å². The zero-order valence-corrected chi connectivity index (χ0v) is 10.2. The van der Waals surface area contributed by atoms with Gasteiger partial charge >= 0.3 is 0 Å². The Hall–Kier alpha value is -1.16. The standard InChI is InChI=1S/C11H11BrN2O/c1-3-10-13-14-11(15-10)8-5-4-6-9(12)7(8)2/h4-6H,3H2,1-2H3. The summed E-state index contributed by atoms with van der Waals surface area (Å²) >= 11 is 3.48. The molecule has 0 spiro atoms. The van der Waals surface area contributed by atoms with Crippen LogP contribution in [0.3, 0.4) is 0 Å². The van der Waals surface area contributed by atoms with Crippen molar-refractivity contribution in [1.29, 1.82) is 0 Å². The van der Waals surface area contributed by atoms with Gasteiger partial charge in [0.2, 0.25) is 11.8 Å². The lowest BCUT2D eigenvalue weighted by atomic mass is 10.1. The highest BCUT2D eigenvalue weighted by atomic mass is 79.9. The first kappa shape index (κ1) is 10.4. The van der Waals surface area contributed by atoms with Gasteiger partial charge in [-0.25, -0.2) is 0 Å². The van der Waals surface area contributed by atoms with Crippen LogP contribution in [-0.4, -0.2) is 10.2 Å². The van der Waals surface area contributed by atoms with Crippen molar-refractivity contribution in [2.75, 3.05) is 0 Å². The third kappa shape index (κ3) is 1.95. The monoisotopic (exact) mass is 266 g/mol. The smallest absolute Gasteiger partial charge is 0.248 e. The predicted molar refractivity (Wildman–Crippen MR) is 61.5 cm³/mol. The number of rotatable bonds is 2. The van der Waals surface area contributed by atoms with Crippen LogP contribution in [0.5, 0.6) is 0 Å². The fourth-order valence-corrected chi connectivity index (χ4v) is 1.71. The summed E-state index contributed by atoms with van der Waals surface area (Å²) in [5, 5.41) is 7.97. The number of aromatic nitrogens is 2. The zero-order chi connectivity index (χ0) is 10.8. The van der Waals surface area contributed by atoms with Gasteiger partial charge in [-0.15, -0.1) is 10.2 Å². The van der Waals surface area contributed by atoms with Crippen LogP contribution in [-0.2, 0) is 6.42 Å². The number of nitrogens with zero attached hydrogens (tertiary/aromatic N) is 2. The van der Waals surface area contributed by atoms with Crippen LogP contribution in [0, 0.1) is 6.92 Å². The second kappa shape index (κ2) is 4.14. The van der Waals surface area contributed by atoms with Crippen LogP contribution in [0.25, 0.3) is 11.5 Å². The van der Waals surface area contributed by atoms with Crippen molar-refractivity contribution < 1.29 is 4.42 Å². The molecule has 1 aromatic carbocycles. The van der Waals surface area contributed by atoms with E-state index in [1.165, 1.54) is 0 Å². The molecule has 0 atom stereocenters. The Bertz CT molecular complexity index is 479. The maximum absolute atomic E-state index is 5.51. The van der Waals surface area contributed by atoms with Crippen molar-refractivity contribution in [3.63, 3.8) is 0 Å². The van der Waals surface area contributed by atoms with E-state index in [0.29, 0.717) is 11.8 Å². The molecule has 0 fully saturated rings. The maximum Gasteiger partial charge on any atom is 0.248 e. The Morgan fingerprint density at radius 2 is 2.13 bits per heavy atom. The second-order valence-corrected chi connectivity index (χ2v) is 4.12. The maximum atomic E-state index is 5.51. The lowest BCUT2D eigenvalue weighted by molar-refractivity contribution is 0.512. The number of aryl methyl sites for hydroxylation is 1. The van der Waals surface area contributed by atoms with E-state index in [1.807, 2.05) is 32.0 Å². The summed E-state index contributed by atoms with van der Waals surface area (Å²) in [5.74, 6) is 1.26. The summed E-state index contributed by atoms with van der Waals surface area (Å²) in [6.07, 6.45) is 0.764. The molecule has 0 saturated carbocycles. The molecule has 2 aromatic rings. The van der Waals surface area contributed by atoms with E-state index >= 15 is 0 Å². The Morgan fingerprint density at radius 1 is 1.33 bits per heavy atom. The minimum absolute atomic E-state index is 0.589. The van der Waals surface area contributed by atoms with Crippen LogP contribution in [0.2, 0.25) is 0 Å². The summed E-state index contributed by atoms with van der Waals surface area (Å²) in [6.45, 7) is 4.01. The normalized spacial score (nSPS) is 10.6. The highest BCUT2D eigenvalue weighted by Gasteiger charge is 2.10. The molecule has 1 aromatic heterocycles. The van der Waals surface area contributed by atoms with Crippen molar-refractivity contribution in [3.8, 4) is 11.5 Å². The lowest BCUT2D eigenvalue weighted by Gasteiger charge is -2.02. The summed E-state index contributed by atoms with van der Waals surface area (Å²) in [5.41, 5.74) is 2.10. The molecule has 78 valence electrons. The highest BCUT2D eigenvalue weighted by Crippen LogP contribution is 2.27. The second-order valence-electron chi connectivity index (χ2n) is 3.27. The average Bonchev–Trinajstić information content (AvgIpc) is 2.70. The molecule has 0 radical (unpaired) electrons. The molecular weight excluding hydrogens is 256 g/mol. The van der Waals surface area contributed by atoms with E-state index < -0.39 is 0 Å². The quantitative estimate of drug-likeness (QED) is 0.837. The number of halogens is 1. The van der Waals surface area contributed by atoms with Gasteiger partial charge in [-0.2, -0.15) is 0 Å². The first-order valence-electron chi connectivity index (χ1n) is 4.80. The third-order valence-corrected chi connectivity index (χ3v) is 3.13. The summed E-state index contributed by atoms with van der Waals surface area (Å²) in [4.78, 5) is 0. The van der Waals surface area contributed by atoms with Crippen LogP contribution >= 0.6 is 15.9 Å². The molecule has 0 aliphatic heterocycles. The van der Waals surface area contributed by atoms with Crippen molar-refractivity contribution in [2.24, 2.45) is 0 Å². The molecule has 0 N–H and O–H groups in total. The van der Waals surface area contributed by atoms with E-state index in [1.54, 1.807) is 0 Å². The molecule has 0 aliphatic rings. The molecule has 2 rings (SSSR count). The molecule has 0 aliphatic carbocycles. The van der Waals surface area contributed by atoms with Crippen LogP contribution in [0.4, 0.5) is 0 Å². The van der Waals surface area contributed by atoms with E-state index in [0.717, 1.165) is 22.0 Å². The topological polar surface area (TPSA) is 38.9 Å². The summed E-state index contributed by atoms with van der Waals surface area (Å²) in [7, 11) is 0. The largest absolute Gasteiger partial charge is 0.421 e. The van der Waals surface area contributed by atoms with Crippen molar-refractivity contribution in [3.05, 3.63) is 34.1 Å². The first-order chi connectivity index (χ1) is 7.22. The highest BCUT2D eigenvalue weighted by molar-refractivity contribution is 9.10. The van der Waals surface area contributed by atoms with Gasteiger partial charge in [0, 0.05) is 16.5 Å². The number of hydrogen-bond acceptors (Lipinski definition) is 3. The first-order valence-corrected chi connectivity index (χ1v) is 5.59. The Morgan fingerprint density at radius 3 is 2.80 bits per heavy atom. The van der Waals surface area contributed by atoms with Gasteiger partial charge in [-0.05, 0) is 24.6 Å². The molecule has 0 unspecified atom stereocenters. The molecule has 3 nitrogen and oxygen atoms in total. The van der Waals surface area contributed by atoms with Gasteiger partial charge in [0.25, 0.3) is 0 Å². The van der Waals surface area contributed by atoms with Crippen molar-refractivity contribution >= 4 is 15.9 Å². The van der Waals surface area contributed by atoms with E-state index in [9.17, 15) is 0 Å². The molecule has 4 heteroatoms. The average molecular weight is 267 g/mol. The number of benzene rings is 1. The SMILES string of the molecule is CCc1nnc(-c2cccc(Br)c2C)o1. The molecule has 1 heterocycles. The molecule has 15 heavy (non-hydrogen) atoms. The number of hydrogen-bond donors (Lipinski definition) is 0. The molecule has 0 saturated heterocycles. The van der Waals surface area contributed by atoms with Gasteiger partial charge in [0.1, 0.15) is 0 Å². The molecule has 0 bridgehead atoms. The van der Waals surface area contributed by atoms with Crippen molar-refractivity contribution in [1.82, 2.24) is 10.2 Å². The zero-order valence-electron chi connectivity index (χ0n) is 8.62. The fraction of sp³-hybridized carbons (Fsp3) is 0.273. The Kier molecular flexibility index (Phi) is 2.86. The van der Waals surface area contributed by atoms with Crippen LogP contribution in [0.15, 0.2) is 27.1 Å². The molecular formula is C11H11BrN2O. The van der Waals surface area contributed by atoms with Gasteiger partial charge in [-0.3, -0.25) is 0 Å². The minimum atomic E-state index is 0.589. The van der Waals surface area contributed by atoms with E-state index in [4.69, 9.17) is 4.42 Å². The predicted octanol–water partition coefficient (Wildman–Crippen LogP) is 3.37. The summed E-state index contributed by atoms with van der Waals surface area (Å²) in [6, 6.07) is 5.94. The minimum Gasteiger partial charge on any atom is -0.421 e. The molecule has 0 amide bonds. The van der Waals surface area contributed by atoms with Crippen LogP contribution < -0.4 is 0 Å². The van der Waals surface area contributed by atoms with E-state index in [-0.39, 0.29) is 0 Å². The Labute approximate surface area is 96.7 Å². The van der Waals surface area contributed by atoms with E-state index in [2.05, 4.69) is 26.1 Å². The van der Waals surface area contributed by atoms with Gasteiger partial charge in [0.15, 0.2) is 0 Å². The lowest BCUT2D eigenvalue weighted by Crippen LogP contribution is -1.84. The van der Waals surface area contributed by atoms with Crippen LogP contribution in [0.1, 0.15) is 18.4 Å². The third-order valence-electron chi connectivity index (χ3n) is 2.27.